The highest BCUT2D eigenvalue weighted by atomic mass is 14.0. The van der Waals surface area contributed by atoms with Crippen molar-refractivity contribution < 1.29 is 0 Å². The average molecular weight is 152 g/mol. The Morgan fingerprint density at radius 1 is 1.36 bits per heavy atom. The Balaban J connectivity index is 3.63. The van der Waals surface area contributed by atoms with Gasteiger partial charge in [-0.1, -0.05) is 38.0 Å². The summed E-state index contributed by atoms with van der Waals surface area (Å²) in [5, 5.41) is 0. The van der Waals surface area contributed by atoms with Crippen molar-refractivity contribution in [2.24, 2.45) is 0 Å². The van der Waals surface area contributed by atoms with Crippen molar-refractivity contribution >= 4 is 0 Å². The van der Waals surface area contributed by atoms with E-state index in [1.807, 2.05) is 6.08 Å². The van der Waals surface area contributed by atoms with Crippen LogP contribution in [0.4, 0.5) is 0 Å². The fourth-order valence-electron chi connectivity index (χ4n) is 1.08. The lowest BCUT2D eigenvalue weighted by Gasteiger charge is -2.01. The zero-order valence-corrected chi connectivity index (χ0v) is 7.90. The van der Waals surface area contributed by atoms with Gasteiger partial charge in [0.2, 0.25) is 0 Å². The van der Waals surface area contributed by atoms with E-state index in [0.717, 1.165) is 6.42 Å². The Bertz CT molecular complexity index is 120. The number of hydrogen-bond acceptors (Lipinski definition) is 0. The first-order valence-electron chi connectivity index (χ1n) is 4.63. The van der Waals surface area contributed by atoms with Crippen molar-refractivity contribution in [3.05, 3.63) is 24.3 Å². The third kappa shape index (κ3) is 5.90. The van der Waals surface area contributed by atoms with Crippen molar-refractivity contribution in [2.75, 3.05) is 0 Å². The van der Waals surface area contributed by atoms with Crippen LogP contribution in [0.25, 0.3) is 0 Å². The molecule has 0 aromatic carbocycles. The summed E-state index contributed by atoms with van der Waals surface area (Å²) >= 11 is 0. The fourth-order valence-corrected chi connectivity index (χ4v) is 1.08. The standard InChI is InChI=1S/C11H20/c1-4-7-9-11(6-3)10-8-5-2/h4,9H,1,5-8,10H2,2-3H3/b11-9+. The molecule has 0 nitrogen and oxygen atoms in total. The van der Waals surface area contributed by atoms with E-state index in [1.54, 1.807) is 5.57 Å². The van der Waals surface area contributed by atoms with Crippen LogP contribution >= 0.6 is 0 Å². The minimum atomic E-state index is 1.03. The van der Waals surface area contributed by atoms with Gasteiger partial charge in [0, 0.05) is 0 Å². The van der Waals surface area contributed by atoms with Crippen LogP contribution in [0, 0.1) is 0 Å². The molecule has 0 fully saturated rings. The molecule has 11 heavy (non-hydrogen) atoms. The minimum absolute atomic E-state index is 1.03. The van der Waals surface area contributed by atoms with E-state index in [1.165, 1.54) is 25.7 Å². The highest BCUT2D eigenvalue weighted by Gasteiger charge is 1.91. The minimum Gasteiger partial charge on any atom is -0.103 e. The molecule has 0 saturated heterocycles. The van der Waals surface area contributed by atoms with E-state index in [9.17, 15) is 0 Å². The monoisotopic (exact) mass is 152 g/mol. The molecule has 0 spiro atoms. The van der Waals surface area contributed by atoms with Crippen LogP contribution in [0.3, 0.4) is 0 Å². The van der Waals surface area contributed by atoms with Crippen LogP contribution < -0.4 is 0 Å². The van der Waals surface area contributed by atoms with Gasteiger partial charge in [-0.3, -0.25) is 0 Å². The van der Waals surface area contributed by atoms with Crippen molar-refractivity contribution in [1.29, 1.82) is 0 Å². The summed E-state index contributed by atoms with van der Waals surface area (Å²) in [7, 11) is 0. The maximum absolute atomic E-state index is 3.70. The van der Waals surface area contributed by atoms with Crippen LogP contribution in [0.5, 0.6) is 0 Å². The quantitative estimate of drug-likeness (QED) is 0.503. The van der Waals surface area contributed by atoms with Crippen molar-refractivity contribution in [3.63, 3.8) is 0 Å². The van der Waals surface area contributed by atoms with Crippen molar-refractivity contribution in [2.45, 2.75) is 46.0 Å². The second-order valence-corrected chi connectivity index (χ2v) is 2.84. The lowest BCUT2D eigenvalue weighted by molar-refractivity contribution is 0.763. The molecule has 0 atom stereocenters. The Morgan fingerprint density at radius 2 is 2.09 bits per heavy atom. The molecule has 0 saturated carbocycles. The van der Waals surface area contributed by atoms with Crippen LogP contribution in [-0.4, -0.2) is 0 Å². The summed E-state index contributed by atoms with van der Waals surface area (Å²) in [4.78, 5) is 0. The largest absolute Gasteiger partial charge is 0.103 e. The summed E-state index contributed by atoms with van der Waals surface area (Å²) in [5.41, 5.74) is 1.59. The number of hydrogen-bond donors (Lipinski definition) is 0. The van der Waals surface area contributed by atoms with Gasteiger partial charge in [-0.25, -0.2) is 0 Å². The predicted octanol–water partition coefficient (Wildman–Crippen LogP) is 4.09. The molecule has 64 valence electrons. The first kappa shape index (κ1) is 10.5. The zero-order valence-electron chi connectivity index (χ0n) is 7.90. The lowest BCUT2D eigenvalue weighted by atomic mass is 10.1. The van der Waals surface area contributed by atoms with Crippen LogP contribution in [0.15, 0.2) is 24.3 Å². The predicted molar refractivity (Wildman–Crippen MR) is 52.7 cm³/mol. The maximum atomic E-state index is 3.70. The number of rotatable bonds is 6. The zero-order chi connectivity index (χ0) is 8.53. The summed E-state index contributed by atoms with van der Waals surface area (Å²) in [6.07, 6.45) is 10.4. The molecule has 0 rings (SSSR count). The second-order valence-electron chi connectivity index (χ2n) is 2.84. The Morgan fingerprint density at radius 3 is 2.55 bits per heavy atom. The second kappa shape index (κ2) is 7.59. The molecule has 0 unspecified atom stereocenters. The molecule has 0 heterocycles. The molecule has 0 N–H and O–H groups in total. The summed E-state index contributed by atoms with van der Waals surface area (Å²) < 4.78 is 0. The van der Waals surface area contributed by atoms with E-state index in [4.69, 9.17) is 0 Å². The molecule has 0 aliphatic rings. The van der Waals surface area contributed by atoms with Crippen LogP contribution in [0.2, 0.25) is 0 Å². The molecular weight excluding hydrogens is 132 g/mol. The molecule has 0 aliphatic carbocycles. The van der Waals surface area contributed by atoms with Gasteiger partial charge in [0.1, 0.15) is 0 Å². The summed E-state index contributed by atoms with van der Waals surface area (Å²) in [5.74, 6) is 0. The lowest BCUT2D eigenvalue weighted by Crippen LogP contribution is -1.81. The molecule has 0 heteroatoms. The first-order chi connectivity index (χ1) is 5.35. The first-order valence-corrected chi connectivity index (χ1v) is 4.63. The smallest absolute Gasteiger partial charge is 0.0169 e. The summed E-state index contributed by atoms with van der Waals surface area (Å²) in [6.45, 7) is 8.17. The van der Waals surface area contributed by atoms with Gasteiger partial charge in [0.05, 0.1) is 0 Å². The molecule has 0 aliphatic heterocycles. The SMILES string of the molecule is C=CC/C=C(\CC)CCCC. The molecule has 0 bridgehead atoms. The van der Waals surface area contributed by atoms with Gasteiger partial charge in [0.15, 0.2) is 0 Å². The topological polar surface area (TPSA) is 0 Å². The third-order valence-electron chi connectivity index (χ3n) is 1.88. The number of unbranched alkanes of at least 4 members (excludes halogenated alkanes) is 1. The normalized spacial score (nSPS) is 11.6. The van der Waals surface area contributed by atoms with E-state index in [2.05, 4.69) is 26.5 Å². The fraction of sp³-hybridized carbons (Fsp3) is 0.636. The van der Waals surface area contributed by atoms with Crippen LogP contribution in [0.1, 0.15) is 46.0 Å². The van der Waals surface area contributed by atoms with Gasteiger partial charge >= 0.3 is 0 Å². The third-order valence-corrected chi connectivity index (χ3v) is 1.88. The Kier molecular flexibility index (Phi) is 7.23. The van der Waals surface area contributed by atoms with Gasteiger partial charge in [-0.15, -0.1) is 6.58 Å². The molecule has 0 amide bonds. The molecule has 0 aromatic heterocycles. The molecule has 0 radical (unpaired) electrons. The van der Waals surface area contributed by atoms with Gasteiger partial charge in [-0.05, 0) is 25.7 Å². The Hall–Kier alpha value is -0.520. The average Bonchev–Trinajstić information content (AvgIpc) is 2.05. The van der Waals surface area contributed by atoms with E-state index in [-0.39, 0.29) is 0 Å². The van der Waals surface area contributed by atoms with E-state index < -0.39 is 0 Å². The van der Waals surface area contributed by atoms with Gasteiger partial charge < -0.3 is 0 Å². The number of allylic oxidation sites excluding steroid dienone is 3. The maximum Gasteiger partial charge on any atom is -0.0169 e. The molecule has 0 aromatic rings. The van der Waals surface area contributed by atoms with Crippen LogP contribution in [-0.2, 0) is 0 Å². The highest BCUT2D eigenvalue weighted by molar-refractivity contribution is 5.03. The van der Waals surface area contributed by atoms with E-state index >= 15 is 0 Å². The molecular formula is C11H20. The van der Waals surface area contributed by atoms with Gasteiger partial charge in [0.25, 0.3) is 0 Å². The van der Waals surface area contributed by atoms with Crippen molar-refractivity contribution in [3.8, 4) is 0 Å². The highest BCUT2D eigenvalue weighted by Crippen LogP contribution is 2.11. The summed E-state index contributed by atoms with van der Waals surface area (Å²) in [6, 6.07) is 0. The van der Waals surface area contributed by atoms with E-state index in [0.29, 0.717) is 0 Å². The van der Waals surface area contributed by atoms with Crippen molar-refractivity contribution in [1.82, 2.24) is 0 Å². The Labute approximate surface area is 71.0 Å². The van der Waals surface area contributed by atoms with Gasteiger partial charge in [-0.2, -0.15) is 0 Å².